The summed E-state index contributed by atoms with van der Waals surface area (Å²) in [6, 6.07) is 13.7. The van der Waals surface area contributed by atoms with Crippen LogP contribution in [0.1, 0.15) is 42.8 Å². The molecule has 1 aromatic heterocycles. The molecule has 0 bridgehead atoms. The molecule has 0 aliphatic carbocycles. The van der Waals surface area contributed by atoms with E-state index in [9.17, 15) is 8.42 Å². The number of aromatic nitrogens is 2. The third-order valence-electron chi connectivity index (χ3n) is 6.06. The topological polar surface area (TPSA) is 76.0 Å². The van der Waals surface area contributed by atoms with E-state index in [-0.39, 0.29) is 17.3 Å². The van der Waals surface area contributed by atoms with Crippen molar-refractivity contribution in [3.05, 3.63) is 65.0 Å². The van der Waals surface area contributed by atoms with Gasteiger partial charge in [0.1, 0.15) is 0 Å². The minimum atomic E-state index is -3.71. The highest BCUT2D eigenvalue weighted by molar-refractivity contribution is 7.92. The predicted octanol–water partition coefficient (Wildman–Crippen LogP) is 4.85. The number of halogens is 1. The molecule has 1 aliphatic heterocycles. The Kier molecular flexibility index (Phi) is 7.88. The van der Waals surface area contributed by atoms with Crippen molar-refractivity contribution < 1.29 is 8.42 Å². The first-order chi connectivity index (χ1) is 15.2. The zero-order chi connectivity index (χ0) is 22.9. The second-order valence-electron chi connectivity index (χ2n) is 9.02. The number of sulfonamides is 1. The molecule has 8 heteroatoms. The van der Waals surface area contributed by atoms with Gasteiger partial charge in [-0.15, -0.1) is 12.4 Å². The minimum absolute atomic E-state index is 0. The van der Waals surface area contributed by atoms with Crippen LogP contribution in [0.25, 0.3) is 11.1 Å². The maximum atomic E-state index is 13.1. The number of anilines is 1. The molecular formula is C25H33ClN4O2S. The third-order valence-corrected chi connectivity index (χ3v) is 7.43. The number of rotatable bonds is 6. The number of nitrogens with one attached hydrogen (secondary N) is 2. The highest BCUT2D eigenvalue weighted by atomic mass is 35.5. The maximum absolute atomic E-state index is 13.1. The summed E-state index contributed by atoms with van der Waals surface area (Å²) in [6.45, 7) is 7.99. The van der Waals surface area contributed by atoms with Crippen LogP contribution in [0, 0.1) is 12.8 Å². The molecule has 0 fully saturated rings. The molecule has 6 nitrogen and oxygen atoms in total. The molecule has 2 N–H and O–H groups in total. The predicted molar refractivity (Wildman–Crippen MR) is 136 cm³/mol. The van der Waals surface area contributed by atoms with Gasteiger partial charge in [0.2, 0.25) is 0 Å². The van der Waals surface area contributed by atoms with Crippen molar-refractivity contribution in [1.29, 1.82) is 0 Å². The highest BCUT2D eigenvalue weighted by Gasteiger charge is 2.21. The molecule has 2 heterocycles. The standard InChI is InChI=1S/C25H32N4O2S.ClH/c1-17(2)14-24-25(18(3)29(4)27-24)28-32(30,31)23-11-9-20(10-12-23)21-8-7-19-6-5-13-26-16-22(19)15-21;/h7-12,15,17,26,28H,5-6,13-14,16H2,1-4H3;1H. The van der Waals surface area contributed by atoms with E-state index >= 15 is 0 Å². The van der Waals surface area contributed by atoms with Crippen molar-refractivity contribution in [2.75, 3.05) is 11.3 Å². The Morgan fingerprint density at radius 3 is 2.48 bits per heavy atom. The third kappa shape index (κ3) is 5.60. The molecule has 0 unspecified atom stereocenters. The molecule has 33 heavy (non-hydrogen) atoms. The first-order valence-electron chi connectivity index (χ1n) is 11.2. The lowest BCUT2D eigenvalue weighted by Gasteiger charge is -2.12. The summed E-state index contributed by atoms with van der Waals surface area (Å²) in [4.78, 5) is 0.247. The Hall–Kier alpha value is -2.35. The monoisotopic (exact) mass is 488 g/mol. The van der Waals surface area contributed by atoms with E-state index in [0.29, 0.717) is 18.0 Å². The van der Waals surface area contributed by atoms with Crippen LogP contribution >= 0.6 is 12.4 Å². The van der Waals surface area contributed by atoms with Crippen LogP contribution < -0.4 is 10.0 Å². The number of nitrogens with zero attached hydrogens (tertiary/aromatic N) is 2. The molecule has 178 valence electrons. The van der Waals surface area contributed by atoms with Gasteiger partial charge in [-0.2, -0.15) is 5.10 Å². The molecule has 1 aliphatic rings. The van der Waals surface area contributed by atoms with E-state index in [4.69, 9.17) is 0 Å². The fourth-order valence-electron chi connectivity index (χ4n) is 4.20. The Balaban J connectivity index is 0.00000306. The van der Waals surface area contributed by atoms with Gasteiger partial charge in [0.25, 0.3) is 10.0 Å². The smallest absolute Gasteiger partial charge is 0.262 e. The highest BCUT2D eigenvalue weighted by Crippen LogP contribution is 2.28. The van der Waals surface area contributed by atoms with Crippen LogP contribution in [0.4, 0.5) is 5.69 Å². The summed E-state index contributed by atoms with van der Waals surface area (Å²) < 4.78 is 30.8. The van der Waals surface area contributed by atoms with Crippen molar-refractivity contribution in [3.63, 3.8) is 0 Å². The van der Waals surface area contributed by atoms with Crippen molar-refractivity contribution >= 4 is 28.1 Å². The number of hydrogen-bond donors (Lipinski definition) is 2. The largest absolute Gasteiger partial charge is 0.313 e. The van der Waals surface area contributed by atoms with Crippen LogP contribution in [-0.4, -0.2) is 24.7 Å². The summed E-state index contributed by atoms with van der Waals surface area (Å²) in [5, 5.41) is 7.97. The van der Waals surface area contributed by atoms with Crippen LogP contribution in [0.2, 0.25) is 0 Å². The summed E-state index contributed by atoms with van der Waals surface area (Å²) in [6.07, 6.45) is 2.96. The van der Waals surface area contributed by atoms with E-state index in [2.05, 4.69) is 47.2 Å². The zero-order valence-corrected chi connectivity index (χ0v) is 21.3. The second-order valence-corrected chi connectivity index (χ2v) is 10.7. The van der Waals surface area contributed by atoms with Crippen molar-refractivity contribution in [2.24, 2.45) is 13.0 Å². The van der Waals surface area contributed by atoms with E-state index in [0.717, 1.165) is 48.4 Å². The Labute approximate surface area is 203 Å². The van der Waals surface area contributed by atoms with Gasteiger partial charge in [-0.1, -0.05) is 38.1 Å². The lowest BCUT2D eigenvalue weighted by atomic mass is 9.97. The molecular weight excluding hydrogens is 456 g/mol. The average Bonchev–Trinajstić information content (AvgIpc) is 2.93. The average molecular weight is 489 g/mol. The lowest BCUT2D eigenvalue weighted by Crippen LogP contribution is -2.15. The van der Waals surface area contributed by atoms with E-state index in [1.54, 1.807) is 16.8 Å². The fraction of sp³-hybridized carbons (Fsp3) is 0.400. The van der Waals surface area contributed by atoms with Crippen molar-refractivity contribution in [2.45, 2.75) is 51.5 Å². The van der Waals surface area contributed by atoms with Gasteiger partial charge in [0.05, 0.1) is 22.0 Å². The van der Waals surface area contributed by atoms with Gasteiger partial charge < -0.3 is 5.32 Å². The normalized spacial score (nSPS) is 13.8. The summed E-state index contributed by atoms with van der Waals surface area (Å²) in [5.74, 6) is 0.378. The van der Waals surface area contributed by atoms with Gasteiger partial charge >= 0.3 is 0 Å². The summed E-state index contributed by atoms with van der Waals surface area (Å²) in [7, 11) is -1.88. The molecule has 0 amide bonds. The quantitative estimate of drug-likeness (QED) is 0.520. The first-order valence-corrected chi connectivity index (χ1v) is 12.7. The van der Waals surface area contributed by atoms with Crippen molar-refractivity contribution in [3.8, 4) is 11.1 Å². The molecule has 0 saturated heterocycles. The van der Waals surface area contributed by atoms with Crippen LogP contribution in [0.15, 0.2) is 47.4 Å². The Morgan fingerprint density at radius 1 is 1.09 bits per heavy atom. The molecule has 0 spiro atoms. The van der Waals surface area contributed by atoms with Crippen LogP contribution in [0.3, 0.4) is 0 Å². The Morgan fingerprint density at radius 2 is 1.79 bits per heavy atom. The lowest BCUT2D eigenvalue weighted by molar-refractivity contribution is 0.600. The van der Waals surface area contributed by atoms with E-state index in [1.165, 1.54) is 11.1 Å². The molecule has 4 rings (SSSR count). The number of benzene rings is 2. The molecule has 0 saturated carbocycles. The van der Waals surface area contributed by atoms with E-state index < -0.39 is 10.0 Å². The number of fused-ring (bicyclic) bond motifs is 1. The van der Waals surface area contributed by atoms with Crippen molar-refractivity contribution in [1.82, 2.24) is 15.1 Å². The van der Waals surface area contributed by atoms with Crippen LogP contribution in [-0.2, 0) is 36.5 Å². The van der Waals surface area contributed by atoms with Gasteiger partial charge in [-0.05, 0) is 79.1 Å². The van der Waals surface area contributed by atoms with Gasteiger partial charge in [0.15, 0.2) is 0 Å². The molecule has 0 radical (unpaired) electrons. The van der Waals surface area contributed by atoms with Gasteiger partial charge in [-0.3, -0.25) is 9.40 Å². The fourth-order valence-corrected chi connectivity index (χ4v) is 5.35. The minimum Gasteiger partial charge on any atom is -0.313 e. The van der Waals surface area contributed by atoms with Gasteiger partial charge in [0, 0.05) is 13.6 Å². The van der Waals surface area contributed by atoms with Crippen LogP contribution in [0.5, 0.6) is 0 Å². The Bertz CT molecular complexity index is 1220. The summed E-state index contributed by atoms with van der Waals surface area (Å²) >= 11 is 0. The maximum Gasteiger partial charge on any atom is 0.262 e. The van der Waals surface area contributed by atoms with Gasteiger partial charge in [-0.25, -0.2) is 8.42 Å². The van der Waals surface area contributed by atoms with E-state index in [1.807, 2.05) is 26.1 Å². The number of aryl methyl sites for hydroxylation is 2. The first kappa shape index (κ1) is 25.3. The zero-order valence-electron chi connectivity index (χ0n) is 19.7. The second kappa shape index (κ2) is 10.3. The SMILES string of the molecule is Cc1c(NS(=O)(=O)c2ccc(-c3ccc4c(c3)CNCCC4)cc2)c(CC(C)C)nn1C.Cl. The summed E-state index contributed by atoms with van der Waals surface area (Å²) in [5.41, 5.74) is 7.00. The molecule has 2 aromatic carbocycles. The number of hydrogen-bond acceptors (Lipinski definition) is 4. The molecule has 3 aromatic rings. The molecule has 0 atom stereocenters.